The predicted molar refractivity (Wildman–Crippen MR) is 135 cm³/mol. The summed E-state index contributed by atoms with van der Waals surface area (Å²) < 4.78 is 44.6. The molecular formula is C25H23ClFN3O5S. The Morgan fingerprint density at radius 1 is 1.03 bits per heavy atom. The maximum atomic E-state index is 15.0. The van der Waals surface area contributed by atoms with Gasteiger partial charge in [-0.1, -0.05) is 35.9 Å². The number of halogens is 2. The minimum atomic E-state index is -3.54. The predicted octanol–water partition coefficient (Wildman–Crippen LogP) is 4.47. The molecule has 8 nitrogen and oxygen atoms in total. The molecule has 11 heteroatoms. The number of carbonyl (C=O) groups is 2. The van der Waals surface area contributed by atoms with Crippen molar-refractivity contribution in [1.82, 2.24) is 5.32 Å². The number of hydrogen-bond donors (Lipinski definition) is 3. The maximum Gasteiger partial charge on any atom is 0.320 e. The van der Waals surface area contributed by atoms with Crippen LogP contribution in [0.5, 0.6) is 0 Å². The SMILES string of the molecule is CS(=O)(=O)c1ccccc1-c1ccc(NC(=O)C2(NC(=O)Nc3ccc(Cl)cc3)CCOC2)c(F)c1. The van der Waals surface area contributed by atoms with Gasteiger partial charge in [0.15, 0.2) is 9.84 Å². The van der Waals surface area contributed by atoms with Crippen LogP contribution in [-0.2, 0) is 19.4 Å². The molecule has 0 spiro atoms. The van der Waals surface area contributed by atoms with Crippen LogP contribution in [0, 0.1) is 5.82 Å². The molecule has 0 bridgehead atoms. The van der Waals surface area contributed by atoms with Gasteiger partial charge < -0.3 is 20.7 Å². The van der Waals surface area contributed by atoms with Gasteiger partial charge in [0.25, 0.3) is 5.91 Å². The third-order valence-electron chi connectivity index (χ3n) is 5.73. The van der Waals surface area contributed by atoms with Gasteiger partial charge in [0.05, 0.1) is 17.2 Å². The molecule has 1 atom stereocenters. The lowest BCUT2D eigenvalue weighted by atomic mass is 9.97. The van der Waals surface area contributed by atoms with Crippen LogP contribution in [-0.4, -0.2) is 45.4 Å². The van der Waals surface area contributed by atoms with E-state index in [1.54, 1.807) is 42.5 Å². The molecule has 0 saturated carbocycles. The fourth-order valence-electron chi connectivity index (χ4n) is 3.87. The highest BCUT2D eigenvalue weighted by Crippen LogP contribution is 2.30. The summed E-state index contributed by atoms with van der Waals surface area (Å²) in [6.45, 7) is 0.145. The van der Waals surface area contributed by atoms with E-state index in [1.165, 1.54) is 18.2 Å². The number of hydrogen-bond acceptors (Lipinski definition) is 5. The molecule has 188 valence electrons. The average molecular weight is 532 g/mol. The summed E-state index contributed by atoms with van der Waals surface area (Å²) in [5, 5.41) is 8.30. The zero-order chi connectivity index (χ0) is 25.9. The Morgan fingerprint density at radius 2 is 1.75 bits per heavy atom. The summed E-state index contributed by atoms with van der Waals surface area (Å²) in [5.41, 5.74) is -0.372. The number of rotatable bonds is 6. The molecule has 1 heterocycles. The van der Waals surface area contributed by atoms with Crippen LogP contribution in [0.4, 0.5) is 20.6 Å². The van der Waals surface area contributed by atoms with E-state index in [9.17, 15) is 18.0 Å². The van der Waals surface area contributed by atoms with Gasteiger partial charge in [-0.05, 0) is 48.0 Å². The van der Waals surface area contributed by atoms with Crippen LogP contribution < -0.4 is 16.0 Å². The summed E-state index contributed by atoms with van der Waals surface area (Å²) in [6, 6.07) is 16.1. The third kappa shape index (κ3) is 5.67. The lowest BCUT2D eigenvalue weighted by Crippen LogP contribution is -2.58. The van der Waals surface area contributed by atoms with Crippen LogP contribution in [0.3, 0.4) is 0 Å². The van der Waals surface area contributed by atoms with Crippen molar-refractivity contribution >= 4 is 44.8 Å². The Kier molecular flexibility index (Phi) is 7.30. The van der Waals surface area contributed by atoms with Gasteiger partial charge in [-0.2, -0.15) is 0 Å². The molecule has 1 saturated heterocycles. The van der Waals surface area contributed by atoms with Crippen molar-refractivity contribution in [2.24, 2.45) is 0 Å². The number of amides is 3. The van der Waals surface area contributed by atoms with Crippen molar-refractivity contribution in [3.63, 3.8) is 0 Å². The van der Waals surface area contributed by atoms with E-state index in [0.29, 0.717) is 21.8 Å². The first-order valence-corrected chi connectivity index (χ1v) is 13.2. The minimum absolute atomic E-state index is 0.0687. The van der Waals surface area contributed by atoms with E-state index in [1.807, 2.05) is 0 Å². The van der Waals surface area contributed by atoms with Crippen molar-refractivity contribution in [3.05, 3.63) is 77.6 Å². The van der Waals surface area contributed by atoms with Crippen LogP contribution in [0.15, 0.2) is 71.6 Å². The molecule has 1 fully saturated rings. The van der Waals surface area contributed by atoms with Gasteiger partial charge in [-0.15, -0.1) is 0 Å². The second-order valence-corrected chi connectivity index (χ2v) is 10.8. The molecule has 36 heavy (non-hydrogen) atoms. The zero-order valence-corrected chi connectivity index (χ0v) is 20.8. The van der Waals surface area contributed by atoms with Gasteiger partial charge >= 0.3 is 6.03 Å². The molecular weight excluding hydrogens is 509 g/mol. The topological polar surface area (TPSA) is 114 Å². The summed E-state index contributed by atoms with van der Waals surface area (Å²) in [5.74, 6) is -1.40. The molecule has 3 amide bonds. The minimum Gasteiger partial charge on any atom is -0.378 e. The van der Waals surface area contributed by atoms with Crippen molar-refractivity contribution in [1.29, 1.82) is 0 Å². The van der Waals surface area contributed by atoms with Crippen molar-refractivity contribution in [2.75, 3.05) is 30.1 Å². The van der Waals surface area contributed by atoms with Gasteiger partial charge in [-0.3, -0.25) is 4.79 Å². The van der Waals surface area contributed by atoms with E-state index in [-0.39, 0.29) is 30.2 Å². The number of carbonyl (C=O) groups excluding carboxylic acids is 2. The number of benzene rings is 3. The molecule has 0 aliphatic carbocycles. The van der Waals surface area contributed by atoms with Crippen LogP contribution >= 0.6 is 11.6 Å². The number of sulfone groups is 1. The third-order valence-corrected chi connectivity index (χ3v) is 7.13. The quantitative estimate of drug-likeness (QED) is 0.434. The molecule has 3 N–H and O–H groups in total. The summed E-state index contributed by atoms with van der Waals surface area (Å²) in [4.78, 5) is 25.8. The first-order valence-electron chi connectivity index (χ1n) is 10.9. The van der Waals surface area contributed by atoms with Crippen molar-refractivity contribution in [2.45, 2.75) is 16.9 Å². The van der Waals surface area contributed by atoms with Crippen LogP contribution in [0.25, 0.3) is 11.1 Å². The molecule has 3 aromatic rings. The van der Waals surface area contributed by atoms with Gasteiger partial charge in [0.1, 0.15) is 11.4 Å². The van der Waals surface area contributed by atoms with E-state index in [0.717, 1.165) is 12.3 Å². The summed E-state index contributed by atoms with van der Waals surface area (Å²) in [7, 11) is -3.54. The van der Waals surface area contributed by atoms with Crippen LogP contribution in [0.1, 0.15) is 6.42 Å². The van der Waals surface area contributed by atoms with E-state index in [2.05, 4.69) is 16.0 Å². The van der Waals surface area contributed by atoms with Gasteiger partial charge in [-0.25, -0.2) is 17.6 Å². The summed E-state index contributed by atoms with van der Waals surface area (Å²) in [6.07, 6.45) is 1.27. The largest absolute Gasteiger partial charge is 0.378 e. The fraction of sp³-hybridized carbons (Fsp3) is 0.200. The Morgan fingerprint density at radius 3 is 2.39 bits per heavy atom. The highest BCUT2D eigenvalue weighted by Gasteiger charge is 2.44. The highest BCUT2D eigenvalue weighted by molar-refractivity contribution is 7.90. The summed E-state index contributed by atoms with van der Waals surface area (Å²) >= 11 is 5.86. The molecule has 1 aliphatic rings. The van der Waals surface area contributed by atoms with Crippen molar-refractivity contribution in [3.8, 4) is 11.1 Å². The Labute approximate surface area is 212 Å². The normalized spacial score (nSPS) is 17.4. The first-order chi connectivity index (χ1) is 17.1. The molecule has 1 unspecified atom stereocenters. The maximum absolute atomic E-state index is 15.0. The smallest absolute Gasteiger partial charge is 0.320 e. The monoisotopic (exact) mass is 531 g/mol. The Hall–Kier alpha value is -3.47. The van der Waals surface area contributed by atoms with Gasteiger partial charge in [0, 0.05) is 35.6 Å². The van der Waals surface area contributed by atoms with E-state index >= 15 is 4.39 Å². The highest BCUT2D eigenvalue weighted by atomic mass is 35.5. The molecule has 0 radical (unpaired) electrons. The lowest BCUT2D eigenvalue weighted by Gasteiger charge is -2.27. The number of ether oxygens (including phenoxy) is 1. The van der Waals surface area contributed by atoms with E-state index < -0.39 is 33.1 Å². The Balaban J connectivity index is 1.52. The number of anilines is 2. The lowest BCUT2D eigenvalue weighted by molar-refractivity contribution is -0.122. The van der Waals surface area contributed by atoms with Crippen molar-refractivity contribution < 1.29 is 27.1 Å². The number of nitrogens with one attached hydrogen (secondary N) is 3. The standard InChI is InChI=1S/C25H23ClFN3O5S/c1-36(33,34)22-5-3-2-4-19(22)16-6-11-21(20(27)14-16)29-23(31)25(12-13-35-15-25)30-24(32)28-18-9-7-17(26)8-10-18/h2-11,14H,12-13,15H2,1H3,(H,29,31)(H2,28,30,32). The first kappa shape index (κ1) is 25.6. The van der Waals surface area contributed by atoms with E-state index in [4.69, 9.17) is 16.3 Å². The molecule has 4 rings (SSSR count). The Bertz CT molecular complexity index is 1410. The molecule has 3 aromatic carbocycles. The second-order valence-electron chi connectivity index (χ2n) is 8.39. The molecule has 0 aromatic heterocycles. The van der Waals surface area contributed by atoms with Crippen LogP contribution in [0.2, 0.25) is 5.02 Å². The van der Waals surface area contributed by atoms with Gasteiger partial charge in [0.2, 0.25) is 0 Å². The fourth-order valence-corrected chi connectivity index (χ4v) is 4.90. The second kappa shape index (κ2) is 10.3. The average Bonchev–Trinajstić information content (AvgIpc) is 3.31. The zero-order valence-electron chi connectivity index (χ0n) is 19.2. The molecule has 1 aliphatic heterocycles. The number of urea groups is 1.